The minimum Gasteiger partial charge on any atom is -0.241 e. The van der Waals surface area contributed by atoms with Gasteiger partial charge in [0.15, 0.2) is 0 Å². The molecule has 0 heterocycles. The van der Waals surface area contributed by atoms with Crippen LogP contribution in [0.15, 0.2) is 0 Å². The van der Waals surface area contributed by atoms with Crippen molar-refractivity contribution >= 4 is 0 Å². The van der Waals surface area contributed by atoms with E-state index in [0.717, 1.165) is 0 Å². The Balaban J connectivity index is 4.02. The maximum Gasteiger partial charge on any atom is 0.138 e. The van der Waals surface area contributed by atoms with E-state index in [1.807, 2.05) is 0 Å². The number of hydrogen-bond donors (Lipinski definition) is 0. The summed E-state index contributed by atoms with van der Waals surface area (Å²) in [6, 6.07) is 0. The fourth-order valence-corrected chi connectivity index (χ4v) is 0. The van der Waals surface area contributed by atoms with Gasteiger partial charge in [-0.2, -0.15) is 0 Å². The zero-order chi connectivity index (χ0) is 7.00. The van der Waals surface area contributed by atoms with Crippen LogP contribution >= 0.6 is 0 Å². The summed E-state index contributed by atoms with van der Waals surface area (Å²) in [6.45, 7) is 4.92. The Labute approximate surface area is 48.9 Å². The van der Waals surface area contributed by atoms with Crippen molar-refractivity contribution in [2.45, 2.75) is 39.0 Å². The van der Waals surface area contributed by atoms with Crippen molar-refractivity contribution < 1.29 is 8.78 Å². The quantitative estimate of drug-likeness (QED) is 0.501. The van der Waals surface area contributed by atoms with E-state index in [2.05, 4.69) is 0 Å². The van der Waals surface area contributed by atoms with Gasteiger partial charge < -0.3 is 0 Å². The molecule has 0 atom stereocenters. The molecule has 0 N–H and O–H groups in total. The normalized spacial score (nSPS) is 14.2. The van der Waals surface area contributed by atoms with Gasteiger partial charge in [0, 0.05) is 0 Å². The SMILES string of the molecule is CC(C)(F)C(C)(C)F. The maximum atomic E-state index is 12.5. The van der Waals surface area contributed by atoms with Gasteiger partial charge in [0.1, 0.15) is 11.3 Å². The second-order valence-corrected chi connectivity index (χ2v) is 2.94. The summed E-state index contributed by atoms with van der Waals surface area (Å²) in [5.74, 6) is 0. The first-order chi connectivity index (χ1) is 3.25. The highest BCUT2D eigenvalue weighted by molar-refractivity contribution is 4.85. The fraction of sp³-hybridized carbons (Fsp3) is 1.00. The summed E-state index contributed by atoms with van der Waals surface area (Å²) in [6.07, 6.45) is 0. The highest BCUT2D eigenvalue weighted by Gasteiger charge is 2.36. The van der Waals surface area contributed by atoms with E-state index in [1.165, 1.54) is 27.7 Å². The molecule has 0 fully saturated rings. The van der Waals surface area contributed by atoms with Crippen molar-refractivity contribution in [2.75, 3.05) is 0 Å². The third kappa shape index (κ3) is 1.76. The Morgan fingerprint density at radius 2 is 0.875 bits per heavy atom. The Morgan fingerprint density at radius 1 is 0.750 bits per heavy atom. The Kier molecular flexibility index (Phi) is 1.65. The van der Waals surface area contributed by atoms with E-state index < -0.39 is 11.3 Å². The summed E-state index contributed by atoms with van der Waals surface area (Å²) < 4.78 is 25.0. The number of hydrogen-bond acceptors (Lipinski definition) is 0. The fourth-order valence-electron chi connectivity index (χ4n) is 0. The van der Waals surface area contributed by atoms with Gasteiger partial charge in [-0.25, -0.2) is 8.78 Å². The van der Waals surface area contributed by atoms with Crippen molar-refractivity contribution in [3.8, 4) is 0 Å². The van der Waals surface area contributed by atoms with Crippen LogP contribution in [0.1, 0.15) is 27.7 Å². The van der Waals surface area contributed by atoms with Crippen molar-refractivity contribution in [1.82, 2.24) is 0 Å². The molecule has 50 valence electrons. The van der Waals surface area contributed by atoms with Crippen molar-refractivity contribution in [3.05, 3.63) is 0 Å². The lowest BCUT2D eigenvalue weighted by Gasteiger charge is -2.25. The molecular formula is C6H12F2. The molecule has 0 amide bonds. The minimum atomic E-state index is -1.73. The largest absolute Gasteiger partial charge is 0.241 e. The van der Waals surface area contributed by atoms with Gasteiger partial charge in [-0.15, -0.1) is 0 Å². The summed E-state index contributed by atoms with van der Waals surface area (Å²) in [4.78, 5) is 0. The van der Waals surface area contributed by atoms with Crippen molar-refractivity contribution in [2.24, 2.45) is 0 Å². The van der Waals surface area contributed by atoms with Crippen LogP contribution in [0.3, 0.4) is 0 Å². The molecule has 0 bridgehead atoms. The first-order valence-electron chi connectivity index (χ1n) is 2.63. The summed E-state index contributed by atoms with van der Waals surface area (Å²) in [5.41, 5.74) is -3.46. The van der Waals surface area contributed by atoms with E-state index in [-0.39, 0.29) is 0 Å². The van der Waals surface area contributed by atoms with Crippen LogP contribution in [0.2, 0.25) is 0 Å². The third-order valence-corrected chi connectivity index (χ3v) is 1.41. The monoisotopic (exact) mass is 122 g/mol. The molecular weight excluding hydrogens is 110 g/mol. The van der Waals surface area contributed by atoms with Crippen LogP contribution < -0.4 is 0 Å². The lowest BCUT2D eigenvalue weighted by Crippen LogP contribution is -2.36. The predicted octanol–water partition coefficient (Wildman–Crippen LogP) is 2.48. The van der Waals surface area contributed by atoms with Gasteiger partial charge in [0.25, 0.3) is 0 Å². The molecule has 0 saturated heterocycles. The molecule has 8 heavy (non-hydrogen) atoms. The van der Waals surface area contributed by atoms with Crippen molar-refractivity contribution in [1.29, 1.82) is 0 Å². The highest BCUT2D eigenvalue weighted by atomic mass is 19.2. The van der Waals surface area contributed by atoms with Crippen LogP contribution in [0, 0.1) is 0 Å². The van der Waals surface area contributed by atoms with Crippen molar-refractivity contribution in [3.63, 3.8) is 0 Å². The van der Waals surface area contributed by atoms with Gasteiger partial charge in [-0.1, -0.05) is 0 Å². The molecule has 0 nitrogen and oxygen atoms in total. The molecule has 0 aliphatic heterocycles. The molecule has 0 spiro atoms. The average molecular weight is 122 g/mol. The van der Waals surface area contributed by atoms with E-state index in [9.17, 15) is 8.78 Å². The van der Waals surface area contributed by atoms with E-state index in [4.69, 9.17) is 0 Å². The molecule has 0 aromatic rings. The topological polar surface area (TPSA) is 0 Å². The lowest BCUT2D eigenvalue weighted by atomic mass is 9.94. The second kappa shape index (κ2) is 1.67. The Morgan fingerprint density at radius 3 is 0.875 bits per heavy atom. The molecule has 0 aliphatic rings. The Bertz CT molecular complexity index is 61.5. The highest BCUT2D eigenvalue weighted by Crippen LogP contribution is 2.28. The summed E-state index contributed by atoms with van der Waals surface area (Å²) >= 11 is 0. The number of rotatable bonds is 1. The molecule has 2 heteroatoms. The number of alkyl halides is 2. The van der Waals surface area contributed by atoms with Gasteiger partial charge in [-0.05, 0) is 27.7 Å². The van der Waals surface area contributed by atoms with Gasteiger partial charge in [-0.3, -0.25) is 0 Å². The van der Waals surface area contributed by atoms with E-state index in [1.54, 1.807) is 0 Å². The van der Waals surface area contributed by atoms with E-state index in [0.29, 0.717) is 0 Å². The lowest BCUT2D eigenvalue weighted by molar-refractivity contribution is 0.0148. The Hall–Kier alpha value is -0.140. The molecule has 0 unspecified atom stereocenters. The molecule has 0 rings (SSSR count). The average Bonchev–Trinajstić information content (AvgIpc) is 1.25. The molecule has 0 aliphatic carbocycles. The molecule has 0 radical (unpaired) electrons. The van der Waals surface area contributed by atoms with Gasteiger partial charge in [0.2, 0.25) is 0 Å². The first kappa shape index (κ1) is 7.86. The minimum absolute atomic E-state index is 1.23. The third-order valence-electron chi connectivity index (χ3n) is 1.41. The smallest absolute Gasteiger partial charge is 0.138 e. The van der Waals surface area contributed by atoms with Crippen LogP contribution in [0.25, 0.3) is 0 Å². The molecule has 0 aromatic carbocycles. The number of halogens is 2. The van der Waals surface area contributed by atoms with Crippen LogP contribution in [0.4, 0.5) is 8.78 Å². The van der Waals surface area contributed by atoms with Gasteiger partial charge in [0.05, 0.1) is 0 Å². The molecule has 0 aromatic heterocycles. The van der Waals surface area contributed by atoms with Gasteiger partial charge >= 0.3 is 0 Å². The molecule has 0 saturated carbocycles. The summed E-state index contributed by atoms with van der Waals surface area (Å²) in [7, 11) is 0. The predicted molar refractivity (Wildman–Crippen MR) is 30.4 cm³/mol. The first-order valence-corrected chi connectivity index (χ1v) is 2.63. The second-order valence-electron chi connectivity index (χ2n) is 2.94. The van der Waals surface area contributed by atoms with E-state index >= 15 is 0 Å². The van der Waals surface area contributed by atoms with Crippen LogP contribution in [-0.4, -0.2) is 11.3 Å². The maximum absolute atomic E-state index is 12.5. The zero-order valence-corrected chi connectivity index (χ0v) is 5.76. The zero-order valence-electron chi connectivity index (χ0n) is 5.76. The summed E-state index contributed by atoms with van der Waals surface area (Å²) in [5, 5.41) is 0. The standard InChI is InChI=1S/C6H12F2/c1-5(2,7)6(3,4)8/h1-4H3. The van der Waals surface area contributed by atoms with Crippen LogP contribution in [-0.2, 0) is 0 Å². The van der Waals surface area contributed by atoms with Crippen LogP contribution in [0.5, 0.6) is 0 Å².